The number of nitrogens with two attached hydrogens (primary N) is 8. The second kappa shape index (κ2) is 60.7. The van der Waals surface area contributed by atoms with Crippen LogP contribution in [-0.2, 0) is 84.8 Å². The predicted molar refractivity (Wildman–Crippen MR) is 520 cm³/mol. The van der Waals surface area contributed by atoms with Gasteiger partial charge in [-0.15, -0.1) is 0 Å². The molecule has 0 saturated carbocycles. The minimum atomic E-state index is -1.49. The van der Waals surface area contributed by atoms with Gasteiger partial charge in [0.1, 0.15) is 84.6 Å². The zero-order valence-corrected chi connectivity index (χ0v) is 82.7. The highest BCUT2D eigenvalue weighted by molar-refractivity contribution is 6.01. The van der Waals surface area contributed by atoms with Gasteiger partial charge in [-0.2, -0.15) is 0 Å². The Kier molecular flexibility index (Phi) is 52.9. The summed E-state index contributed by atoms with van der Waals surface area (Å²) in [4.78, 5) is 236. The quantitative estimate of drug-likeness (QED) is 0.0205. The number of imidazole rings is 1. The van der Waals surface area contributed by atoms with Crippen molar-refractivity contribution >= 4 is 111 Å². The smallest absolute Gasteiger partial charge is 0.243 e. The first kappa shape index (κ1) is 118. The van der Waals surface area contributed by atoms with Gasteiger partial charge in [0.25, 0.3) is 0 Å². The van der Waals surface area contributed by atoms with E-state index in [4.69, 9.17) is 45.9 Å². The molecule has 0 fully saturated rings. The number of H-pyrrole nitrogens is 2. The molecule has 0 aliphatic heterocycles. The van der Waals surface area contributed by atoms with Crippen LogP contribution in [0.25, 0.3) is 10.9 Å². The molecule has 3 aromatic rings. The first-order chi connectivity index (χ1) is 63.5. The number of para-hydroxylation sites is 1. The van der Waals surface area contributed by atoms with Crippen LogP contribution in [-0.4, -0.2) is 232 Å². The summed E-state index contributed by atoms with van der Waals surface area (Å²) in [5.74, 6) is -14.8. The van der Waals surface area contributed by atoms with Crippen molar-refractivity contribution in [2.75, 3.05) is 26.2 Å². The molecule has 1 aromatic carbocycles. The summed E-state index contributed by atoms with van der Waals surface area (Å²) in [6.07, 6.45) is 6.95. The molecule has 15 amide bonds. The molecule has 16 atom stereocenters. The molecule has 3 rings (SSSR count). The molecule has 42 heteroatoms. The topological polar surface area (TPSA) is 702 Å². The Morgan fingerprint density at radius 1 is 0.348 bits per heavy atom. The van der Waals surface area contributed by atoms with Gasteiger partial charge in [-0.05, 0) is 181 Å². The number of fused-ring (bicyclic) bond motifs is 1. The second-order valence-electron chi connectivity index (χ2n) is 38.6. The molecule has 0 bridgehead atoms. The Bertz CT molecular complexity index is 4310. The number of guanidine groups is 2. The summed E-state index contributed by atoms with van der Waals surface area (Å²) >= 11 is 0. The fourth-order valence-electron chi connectivity index (χ4n) is 15.3. The Labute approximate surface area is 795 Å². The number of unbranched alkanes of at least 4 members (excludes halogenated alkanes) is 2. The Balaban J connectivity index is 2.03. The summed E-state index contributed by atoms with van der Waals surface area (Å²) in [5, 5.41) is 39.9. The third-order valence-electron chi connectivity index (χ3n) is 22.7. The van der Waals surface area contributed by atoms with Crippen LogP contribution in [0.1, 0.15) is 245 Å². The fraction of sp³-hybridized carbons (Fsp3) is 0.699. The maximum absolute atomic E-state index is 15.2. The minimum Gasteiger partial charge on any atom is -0.370 e. The molecule has 0 aliphatic carbocycles. The van der Waals surface area contributed by atoms with Crippen molar-refractivity contribution in [1.29, 1.82) is 0 Å². The van der Waals surface area contributed by atoms with E-state index < -0.39 is 197 Å². The number of amides is 15. The zero-order chi connectivity index (χ0) is 102. The monoisotopic (exact) mass is 1900 g/mol. The highest BCUT2D eigenvalue weighted by Gasteiger charge is 2.41. The molecule has 760 valence electrons. The van der Waals surface area contributed by atoms with Gasteiger partial charge in [0.2, 0.25) is 88.6 Å². The molecule has 0 radical (unpaired) electrons. The summed E-state index contributed by atoms with van der Waals surface area (Å²) in [5.41, 5.74) is 48.3. The van der Waals surface area contributed by atoms with E-state index in [9.17, 15) is 57.5 Å². The lowest BCUT2D eigenvalue weighted by Crippen LogP contribution is -2.62. The van der Waals surface area contributed by atoms with Crippen molar-refractivity contribution in [3.63, 3.8) is 0 Å². The van der Waals surface area contributed by atoms with Crippen LogP contribution < -0.4 is 120 Å². The Morgan fingerprint density at radius 2 is 0.659 bits per heavy atom. The normalized spacial score (nSPS) is 15.1. The largest absolute Gasteiger partial charge is 0.370 e. The van der Waals surface area contributed by atoms with Gasteiger partial charge in [-0.1, -0.05) is 149 Å². The van der Waals surface area contributed by atoms with Crippen LogP contribution in [0.3, 0.4) is 0 Å². The van der Waals surface area contributed by atoms with Crippen molar-refractivity contribution in [2.24, 2.45) is 109 Å². The average molecular weight is 1900 g/mol. The van der Waals surface area contributed by atoms with Crippen molar-refractivity contribution in [2.45, 2.75) is 337 Å². The van der Waals surface area contributed by atoms with Crippen LogP contribution in [0, 0.1) is 53.3 Å². The molecule has 32 N–H and O–H groups in total. The predicted octanol–water partition coefficient (Wildman–Crippen LogP) is 0.276. The van der Waals surface area contributed by atoms with Crippen molar-refractivity contribution < 1.29 is 71.9 Å². The van der Waals surface area contributed by atoms with Crippen molar-refractivity contribution in [1.82, 2.24) is 89.4 Å². The maximum atomic E-state index is 15.2. The number of primary amides is 1. The summed E-state index contributed by atoms with van der Waals surface area (Å²) in [6, 6.07) is -12.0. The number of benzene rings is 1. The lowest BCUT2D eigenvalue weighted by molar-refractivity contribution is -0.137. The third kappa shape index (κ3) is 43.8. The van der Waals surface area contributed by atoms with Gasteiger partial charge >= 0.3 is 0 Å². The number of carbonyl (C=O) groups excluding carboxylic acids is 15. The molecule has 135 heavy (non-hydrogen) atoms. The van der Waals surface area contributed by atoms with Crippen molar-refractivity contribution in [3.8, 4) is 0 Å². The lowest BCUT2D eigenvalue weighted by Gasteiger charge is -2.31. The zero-order valence-electron chi connectivity index (χ0n) is 82.7. The van der Waals surface area contributed by atoms with Crippen LogP contribution in [0.2, 0.25) is 0 Å². The van der Waals surface area contributed by atoms with Gasteiger partial charge in [-0.25, -0.2) is 4.98 Å². The Hall–Kier alpha value is -11.6. The molecular formula is C93H163N27O15. The van der Waals surface area contributed by atoms with E-state index in [1.807, 2.05) is 93.5 Å². The van der Waals surface area contributed by atoms with Crippen LogP contribution in [0.15, 0.2) is 53.0 Å². The first-order valence-electron chi connectivity index (χ1n) is 47.8. The molecule has 0 unspecified atom stereocenters. The molecule has 2 aromatic heterocycles. The minimum absolute atomic E-state index is 0.000680. The molecule has 0 saturated heterocycles. The van der Waals surface area contributed by atoms with Gasteiger partial charge < -0.3 is 130 Å². The molecular weight excluding hydrogens is 1740 g/mol. The summed E-state index contributed by atoms with van der Waals surface area (Å²) in [6.45, 7) is 32.7. The fourth-order valence-corrected chi connectivity index (χ4v) is 15.3. The summed E-state index contributed by atoms with van der Waals surface area (Å²) < 4.78 is 0. The van der Waals surface area contributed by atoms with Crippen LogP contribution >= 0.6 is 0 Å². The van der Waals surface area contributed by atoms with E-state index in [0.717, 1.165) is 10.9 Å². The number of rotatable bonds is 65. The lowest BCUT2D eigenvalue weighted by atomic mass is 9.96. The van der Waals surface area contributed by atoms with Gasteiger partial charge in [0.05, 0.1) is 12.4 Å². The van der Waals surface area contributed by atoms with E-state index in [0.29, 0.717) is 43.4 Å². The van der Waals surface area contributed by atoms with E-state index >= 15 is 14.4 Å². The van der Waals surface area contributed by atoms with Gasteiger partial charge in [0.15, 0.2) is 11.9 Å². The van der Waals surface area contributed by atoms with E-state index in [1.54, 1.807) is 61.6 Å². The number of aromatic amines is 2. The maximum Gasteiger partial charge on any atom is 0.243 e. The van der Waals surface area contributed by atoms with Crippen LogP contribution in [0.5, 0.6) is 0 Å². The molecule has 42 nitrogen and oxygen atoms in total. The third-order valence-corrected chi connectivity index (χ3v) is 22.7. The summed E-state index contributed by atoms with van der Waals surface area (Å²) in [7, 11) is 0. The number of aromatic nitrogens is 3. The van der Waals surface area contributed by atoms with Crippen molar-refractivity contribution in [3.05, 3.63) is 54.2 Å². The van der Waals surface area contributed by atoms with E-state index in [-0.39, 0.29) is 163 Å². The van der Waals surface area contributed by atoms with E-state index in [1.165, 1.54) is 12.5 Å². The standard InChI is InChI=1S/C93H163N27O15/c1-19-57(18)76(91(135)117-71(43-54(12)13)85(129)110-66(33-27-37-104-93(100)101)82(126)119-75(56(16)17)90(134)116-70(42-53(10)11)84(128)108-64(31-23-25-35-95)81(125)118-74(55(14)15)89(133)111-67(77(97)121)39-50(4)5)120-88(132)73(45-59-47-102-48-106-59)115-79(123)63(30-22-24-34-94)107-83(127)68(40-51(6)7)114-86(130)69(41-52(8)9)113-80(124)65(32-26-36-103-92(98)99)109-87(131)72(112-78(122)61(96)38-49(2)3)44-58-46-105-62-29-21-20-28-60(58)62/h20-21,28-29,46-57,61,63-76,105H,19,22-27,30-45,94-96H2,1-18H3,(H2,97,121)(H,102,106)(H,107,127)(H,108,128)(H,109,131)(H,110,129)(H,111,133)(H,112,122)(H,113,124)(H,114,130)(H,115,123)(H,116,134)(H,117,135)(H,118,125)(H,119,126)(H,120,132)(H4,98,99,103)(H4,100,101,104)/t57-,61-,63-,64-,65-,66-,67-,68-,69-,70-,71-,72-,73-,74-,75-,76-/m0/s1. The van der Waals surface area contributed by atoms with Gasteiger partial charge in [0, 0.05) is 54.9 Å². The number of hydrogen-bond donors (Lipinski definition) is 24. The van der Waals surface area contributed by atoms with Gasteiger partial charge in [-0.3, -0.25) is 81.9 Å². The molecule has 2 heterocycles. The number of nitrogens with one attached hydrogen (secondary N) is 16. The Morgan fingerprint density at radius 3 is 1.02 bits per heavy atom. The van der Waals surface area contributed by atoms with E-state index in [2.05, 4.69) is 99.4 Å². The average Bonchev–Trinajstić information content (AvgIpc) is 1.68. The number of hydrogen-bond acceptors (Lipinski definition) is 21. The SMILES string of the molecule is CC[C@H](C)[C@H](NC(=O)[C@H](Cc1cnc[nH]1)NC(=O)[C@H](CCCCN)NC(=O)[C@H](CC(C)C)NC(=O)[C@H](CC(C)C)NC(=O)[C@H](CCCN=C(N)N)NC(=O)[C@H](Cc1c[nH]c2ccccc12)NC(=O)[C@@H](N)CC(C)C)C(=O)N[C@@H](CC(C)C)C(=O)N[C@@H](CCCN=C(N)N)C(=O)N[C@H](C(=O)N[C@@H](CC(C)C)C(=O)N[C@@H](CCCCN)C(=O)N[C@H](C(=O)N[C@@H](CC(C)C)C(N)=O)C(C)C)C(C)C. The van der Waals surface area contributed by atoms with Crippen LogP contribution in [0.4, 0.5) is 0 Å². The molecule has 0 aliphatic rings. The number of carbonyl (C=O) groups is 15. The number of nitrogens with zero attached hydrogens (tertiary/aromatic N) is 3. The highest BCUT2D eigenvalue weighted by Crippen LogP contribution is 2.23. The first-order valence-corrected chi connectivity index (χ1v) is 47.8. The highest BCUT2D eigenvalue weighted by atomic mass is 16.2. The second-order valence-corrected chi connectivity index (χ2v) is 38.6. The number of aliphatic imine (C=N–C) groups is 2. The molecule has 0 spiro atoms.